The van der Waals surface area contributed by atoms with E-state index >= 15 is 0 Å². The monoisotopic (exact) mass is 404 g/mol. The van der Waals surface area contributed by atoms with Crippen LogP contribution >= 0.6 is 0 Å². The molecule has 2 fully saturated rings. The van der Waals surface area contributed by atoms with Crippen LogP contribution in [0.25, 0.3) is 6.08 Å². The Hall–Kier alpha value is -2.12. The van der Waals surface area contributed by atoms with Crippen molar-refractivity contribution in [2.24, 2.45) is 5.92 Å². The summed E-state index contributed by atoms with van der Waals surface area (Å²) >= 11 is 0. The van der Waals surface area contributed by atoms with E-state index in [4.69, 9.17) is 14.2 Å². The molecule has 0 bridgehead atoms. The lowest BCUT2D eigenvalue weighted by molar-refractivity contribution is -0.134. The maximum absolute atomic E-state index is 12.8. The highest BCUT2D eigenvalue weighted by atomic mass is 16.7. The van der Waals surface area contributed by atoms with Crippen molar-refractivity contribution < 1.29 is 23.8 Å². The van der Waals surface area contributed by atoms with E-state index in [1.165, 1.54) is 0 Å². The topological polar surface area (TPSA) is 70.0 Å². The molecule has 0 N–H and O–H groups in total. The third-order valence-electron chi connectivity index (χ3n) is 5.82. The highest BCUT2D eigenvalue weighted by molar-refractivity contribution is 5.98. The molecule has 160 valence electrons. The molecule has 0 aromatic carbocycles. The minimum absolute atomic E-state index is 0.0520. The third kappa shape index (κ3) is 4.56. The maximum Gasteiger partial charge on any atom is 0.340 e. The first kappa shape index (κ1) is 21.6. The Morgan fingerprint density at radius 2 is 1.90 bits per heavy atom. The number of nitrogens with zero attached hydrogens (tertiary/aromatic N) is 2. The van der Waals surface area contributed by atoms with Crippen molar-refractivity contribution in [2.45, 2.75) is 53.4 Å². The van der Waals surface area contributed by atoms with Gasteiger partial charge in [0.2, 0.25) is 5.91 Å². The van der Waals surface area contributed by atoms with E-state index in [1.54, 1.807) is 19.1 Å². The van der Waals surface area contributed by atoms with Crippen molar-refractivity contribution >= 4 is 18.0 Å². The van der Waals surface area contributed by atoms with Gasteiger partial charge in [-0.25, -0.2) is 4.79 Å². The Labute approximate surface area is 172 Å². The zero-order valence-electron chi connectivity index (χ0n) is 17.9. The second-order valence-electron chi connectivity index (χ2n) is 7.55. The lowest BCUT2D eigenvalue weighted by Crippen LogP contribution is -2.43. The number of hydrogen-bond acceptors (Lipinski definition) is 5. The van der Waals surface area contributed by atoms with E-state index in [9.17, 15) is 9.59 Å². The van der Waals surface area contributed by atoms with Crippen LogP contribution < -0.4 is 0 Å². The van der Waals surface area contributed by atoms with Gasteiger partial charge in [0.1, 0.15) is 0 Å². The van der Waals surface area contributed by atoms with Gasteiger partial charge in [0.05, 0.1) is 25.4 Å². The van der Waals surface area contributed by atoms with Crippen LogP contribution in [0.3, 0.4) is 0 Å². The number of hydrogen-bond donors (Lipinski definition) is 0. The van der Waals surface area contributed by atoms with Crippen LogP contribution in [-0.2, 0) is 25.5 Å². The number of carbonyl (C=O) groups excluding carboxylic acids is 2. The van der Waals surface area contributed by atoms with E-state index in [0.717, 1.165) is 42.9 Å². The molecule has 2 aliphatic rings. The van der Waals surface area contributed by atoms with E-state index < -0.39 is 0 Å². The number of likely N-dealkylation sites (tertiary alicyclic amines) is 1. The van der Waals surface area contributed by atoms with Crippen molar-refractivity contribution in [1.29, 1.82) is 0 Å². The van der Waals surface area contributed by atoms with Crippen LogP contribution in [0.4, 0.5) is 0 Å². The maximum atomic E-state index is 12.8. The molecular formula is C22H32N2O5. The van der Waals surface area contributed by atoms with Crippen LogP contribution in [0.5, 0.6) is 0 Å². The van der Waals surface area contributed by atoms with E-state index in [0.29, 0.717) is 31.9 Å². The Morgan fingerprint density at radius 3 is 2.55 bits per heavy atom. The first-order chi connectivity index (χ1) is 14.0. The second-order valence-corrected chi connectivity index (χ2v) is 7.55. The van der Waals surface area contributed by atoms with Crippen LogP contribution in [0.1, 0.15) is 54.0 Å². The third-order valence-corrected chi connectivity index (χ3v) is 5.82. The molecule has 7 nitrogen and oxygen atoms in total. The number of aromatic nitrogens is 1. The first-order valence-electron chi connectivity index (χ1n) is 10.5. The molecule has 3 heterocycles. The number of rotatable bonds is 6. The molecule has 1 atom stereocenters. The smallest absolute Gasteiger partial charge is 0.340 e. The predicted molar refractivity (Wildman–Crippen MR) is 110 cm³/mol. The molecule has 1 aromatic heterocycles. The molecule has 2 saturated heterocycles. The summed E-state index contributed by atoms with van der Waals surface area (Å²) < 4.78 is 18.6. The largest absolute Gasteiger partial charge is 0.462 e. The van der Waals surface area contributed by atoms with Gasteiger partial charge >= 0.3 is 5.97 Å². The standard InChI is InChI=1S/C22H32N2O5/c1-5-24-15(3)18(20(16(24)4)21(26)27-6-2)9-10-19(25)23-11-7-8-17(14-23)22-28-12-13-29-22/h9-10,17,22H,5-8,11-14H2,1-4H3/b10-9+. The molecule has 0 saturated carbocycles. The summed E-state index contributed by atoms with van der Waals surface area (Å²) in [7, 11) is 0. The van der Waals surface area contributed by atoms with Crippen LogP contribution in [0, 0.1) is 19.8 Å². The lowest BCUT2D eigenvalue weighted by atomic mass is 9.97. The van der Waals surface area contributed by atoms with Crippen LogP contribution in [-0.4, -0.2) is 60.5 Å². The molecule has 0 spiro atoms. The normalized spacial score (nSPS) is 20.6. The summed E-state index contributed by atoms with van der Waals surface area (Å²) in [6.45, 7) is 11.4. The minimum atomic E-state index is -0.346. The fourth-order valence-corrected chi connectivity index (χ4v) is 4.39. The van der Waals surface area contributed by atoms with Crippen molar-refractivity contribution in [3.63, 3.8) is 0 Å². The summed E-state index contributed by atoms with van der Waals surface area (Å²) in [4.78, 5) is 27.2. The van der Waals surface area contributed by atoms with Crippen molar-refractivity contribution in [3.05, 3.63) is 28.6 Å². The predicted octanol–water partition coefficient (Wildman–Crippen LogP) is 2.93. The molecule has 3 rings (SSSR count). The fraction of sp³-hybridized carbons (Fsp3) is 0.636. The Bertz CT molecular complexity index is 777. The van der Waals surface area contributed by atoms with Gasteiger partial charge in [-0.1, -0.05) is 0 Å². The highest BCUT2D eigenvalue weighted by Gasteiger charge is 2.32. The zero-order chi connectivity index (χ0) is 21.0. The molecular weight excluding hydrogens is 372 g/mol. The second kappa shape index (κ2) is 9.59. The minimum Gasteiger partial charge on any atom is -0.462 e. The van der Waals surface area contributed by atoms with Crippen LogP contribution in [0.2, 0.25) is 0 Å². The molecule has 0 radical (unpaired) electrons. The number of piperidine rings is 1. The molecule has 1 aromatic rings. The average Bonchev–Trinajstić information content (AvgIpc) is 3.33. The number of esters is 1. The lowest BCUT2D eigenvalue weighted by Gasteiger charge is -2.34. The Morgan fingerprint density at radius 1 is 1.17 bits per heavy atom. The summed E-state index contributed by atoms with van der Waals surface area (Å²) in [6.07, 6.45) is 5.07. The number of amides is 1. The zero-order valence-corrected chi connectivity index (χ0v) is 17.9. The van der Waals surface area contributed by atoms with Crippen molar-refractivity contribution in [3.8, 4) is 0 Å². The summed E-state index contributed by atoms with van der Waals surface area (Å²) in [5.74, 6) is -0.186. The highest BCUT2D eigenvalue weighted by Crippen LogP contribution is 2.27. The van der Waals surface area contributed by atoms with Gasteiger partial charge in [-0.15, -0.1) is 0 Å². The van der Waals surface area contributed by atoms with Gasteiger partial charge in [0.25, 0.3) is 0 Å². The molecule has 1 unspecified atom stereocenters. The molecule has 29 heavy (non-hydrogen) atoms. The van der Waals surface area contributed by atoms with Gasteiger partial charge in [-0.2, -0.15) is 0 Å². The van der Waals surface area contributed by atoms with Gasteiger partial charge in [0, 0.05) is 48.6 Å². The summed E-state index contributed by atoms with van der Waals surface area (Å²) in [6, 6.07) is 0. The van der Waals surface area contributed by atoms with Gasteiger partial charge in [-0.3, -0.25) is 4.79 Å². The van der Waals surface area contributed by atoms with E-state index in [2.05, 4.69) is 4.57 Å². The summed E-state index contributed by atoms with van der Waals surface area (Å²) in [5, 5.41) is 0. The number of carbonyl (C=O) groups is 2. The number of ether oxygens (including phenoxy) is 3. The Balaban J connectivity index is 1.78. The van der Waals surface area contributed by atoms with Gasteiger partial charge in [0.15, 0.2) is 6.29 Å². The van der Waals surface area contributed by atoms with E-state index in [1.807, 2.05) is 25.7 Å². The molecule has 7 heteroatoms. The molecule has 0 aliphatic carbocycles. The first-order valence-corrected chi connectivity index (χ1v) is 10.5. The Kier molecular flexibility index (Phi) is 7.14. The molecule has 1 amide bonds. The quantitative estimate of drug-likeness (QED) is 0.539. The molecule has 2 aliphatic heterocycles. The van der Waals surface area contributed by atoms with Crippen molar-refractivity contribution in [2.75, 3.05) is 32.9 Å². The fourth-order valence-electron chi connectivity index (χ4n) is 4.39. The summed E-state index contributed by atoms with van der Waals surface area (Å²) in [5.41, 5.74) is 3.12. The van der Waals surface area contributed by atoms with E-state index in [-0.39, 0.29) is 24.1 Å². The van der Waals surface area contributed by atoms with Gasteiger partial charge in [-0.05, 0) is 46.6 Å². The van der Waals surface area contributed by atoms with Gasteiger partial charge < -0.3 is 23.7 Å². The van der Waals surface area contributed by atoms with Crippen LogP contribution in [0.15, 0.2) is 6.08 Å². The average molecular weight is 405 g/mol. The SMILES string of the molecule is CCOC(=O)c1c(/C=C/C(=O)N2CCCC(C3OCCO3)C2)c(C)n(CC)c1C. The van der Waals surface area contributed by atoms with Crippen molar-refractivity contribution in [1.82, 2.24) is 9.47 Å².